The van der Waals surface area contributed by atoms with Gasteiger partial charge in [-0.15, -0.1) is 0 Å². The van der Waals surface area contributed by atoms with E-state index in [1.807, 2.05) is 18.2 Å². The van der Waals surface area contributed by atoms with Gasteiger partial charge in [-0.2, -0.15) is 0 Å². The summed E-state index contributed by atoms with van der Waals surface area (Å²) in [7, 11) is 1.75. The molecule has 5 nitrogen and oxygen atoms in total. The third kappa shape index (κ3) is 7.85. The van der Waals surface area contributed by atoms with Crippen LogP contribution >= 0.6 is 0 Å². The van der Waals surface area contributed by atoms with Crippen LogP contribution in [0, 0.1) is 5.82 Å². The second kappa shape index (κ2) is 11.3. The number of hydrogen-bond donors (Lipinski definition) is 2. The molecule has 0 fully saturated rings. The van der Waals surface area contributed by atoms with Crippen molar-refractivity contribution in [1.29, 1.82) is 0 Å². The molecule has 0 bridgehead atoms. The molecule has 0 radical (unpaired) electrons. The Morgan fingerprint density at radius 3 is 2.72 bits per heavy atom. The summed E-state index contributed by atoms with van der Waals surface area (Å²) in [5.74, 6) is 1.42. The molecule has 1 aromatic carbocycles. The Bertz CT molecular complexity index is 629. The molecule has 25 heavy (non-hydrogen) atoms. The van der Waals surface area contributed by atoms with Crippen molar-refractivity contribution in [3.05, 3.63) is 59.8 Å². The first-order valence-corrected chi connectivity index (χ1v) is 8.57. The summed E-state index contributed by atoms with van der Waals surface area (Å²) >= 11 is 0. The maximum Gasteiger partial charge on any atom is 0.190 e. The molecule has 0 unspecified atom stereocenters. The Hall–Kier alpha value is -2.34. The highest BCUT2D eigenvalue weighted by atomic mass is 19.1. The zero-order chi connectivity index (χ0) is 17.7. The highest BCUT2D eigenvalue weighted by Crippen LogP contribution is 2.05. The molecule has 2 rings (SSSR count). The number of guanidine groups is 1. The molecule has 1 heterocycles. The molecule has 0 aliphatic heterocycles. The van der Waals surface area contributed by atoms with Gasteiger partial charge in [0, 0.05) is 26.7 Å². The van der Waals surface area contributed by atoms with Gasteiger partial charge < -0.3 is 19.8 Å². The lowest BCUT2D eigenvalue weighted by Crippen LogP contribution is -2.38. The number of furan rings is 1. The molecule has 0 atom stereocenters. The number of nitrogens with zero attached hydrogens (tertiary/aromatic N) is 1. The Balaban J connectivity index is 1.50. The van der Waals surface area contributed by atoms with E-state index in [-0.39, 0.29) is 5.82 Å². The summed E-state index contributed by atoms with van der Waals surface area (Å²) in [6.07, 6.45) is 4.27. The van der Waals surface area contributed by atoms with Crippen LogP contribution < -0.4 is 10.6 Å². The summed E-state index contributed by atoms with van der Waals surface area (Å²) in [6.45, 7) is 2.72. The van der Waals surface area contributed by atoms with Gasteiger partial charge in [-0.1, -0.05) is 12.1 Å². The molecule has 2 aromatic rings. The normalized spacial score (nSPS) is 11.5. The highest BCUT2D eigenvalue weighted by molar-refractivity contribution is 5.79. The molecule has 1 aromatic heterocycles. The minimum atomic E-state index is -0.183. The van der Waals surface area contributed by atoms with Crippen LogP contribution in [0.5, 0.6) is 0 Å². The molecule has 0 saturated carbocycles. The van der Waals surface area contributed by atoms with Crippen molar-refractivity contribution in [2.45, 2.75) is 25.9 Å². The number of aliphatic imine (C=N–C) groups is 1. The molecular weight excluding hydrogens is 321 g/mol. The molecule has 0 amide bonds. The third-order valence-electron chi connectivity index (χ3n) is 3.63. The number of benzene rings is 1. The maximum atomic E-state index is 13.1. The Morgan fingerprint density at radius 2 is 2.00 bits per heavy atom. The van der Waals surface area contributed by atoms with Crippen LogP contribution in [0.3, 0.4) is 0 Å². The topological polar surface area (TPSA) is 58.8 Å². The van der Waals surface area contributed by atoms with E-state index in [0.29, 0.717) is 13.2 Å². The standard InChI is InChI=1S/C19H26FN3O2/c1-21-19(22-10-3-7-16-6-2-8-17(20)14-16)23-11-5-12-24-15-18-9-4-13-25-18/h2,4,6,8-9,13-14H,3,5,7,10-12,15H2,1H3,(H2,21,22,23). The van der Waals surface area contributed by atoms with E-state index in [4.69, 9.17) is 9.15 Å². The Morgan fingerprint density at radius 1 is 1.16 bits per heavy atom. The largest absolute Gasteiger partial charge is 0.467 e. The zero-order valence-electron chi connectivity index (χ0n) is 14.6. The average molecular weight is 347 g/mol. The predicted molar refractivity (Wildman–Crippen MR) is 97.1 cm³/mol. The van der Waals surface area contributed by atoms with Crippen molar-refractivity contribution >= 4 is 5.96 Å². The minimum absolute atomic E-state index is 0.183. The summed E-state index contributed by atoms with van der Waals surface area (Å²) in [6, 6.07) is 10.5. The van der Waals surface area contributed by atoms with E-state index in [1.54, 1.807) is 25.4 Å². The highest BCUT2D eigenvalue weighted by Gasteiger charge is 1.99. The van der Waals surface area contributed by atoms with Gasteiger partial charge in [-0.05, 0) is 49.1 Å². The van der Waals surface area contributed by atoms with Gasteiger partial charge in [0.15, 0.2) is 5.96 Å². The zero-order valence-corrected chi connectivity index (χ0v) is 14.6. The van der Waals surface area contributed by atoms with Crippen LogP contribution in [-0.2, 0) is 17.8 Å². The molecule has 0 aliphatic rings. The number of halogens is 1. The number of nitrogens with one attached hydrogen (secondary N) is 2. The van der Waals surface area contributed by atoms with Crippen LogP contribution in [0.2, 0.25) is 0 Å². The lowest BCUT2D eigenvalue weighted by Gasteiger charge is -2.12. The number of hydrogen-bond acceptors (Lipinski definition) is 3. The van der Waals surface area contributed by atoms with Gasteiger partial charge in [-0.25, -0.2) is 4.39 Å². The van der Waals surface area contributed by atoms with E-state index in [2.05, 4.69) is 15.6 Å². The van der Waals surface area contributed by atoms with Gasteiger partial charge in [0.05, 0.1) is 6.26 Å². The first-order valence-electron chi connectivity index (χ1n) is 8.57. The van der Waals surface area contributed by atoms with Gasteiger partial charge in [0.1, 0.15) is 18.2 Å². The quantitative estimate of drug-likeness (QED) is 0.394. The summed E-state index contributed by atoms with van der Waals surface area (Å²) < 4.78 is 23.8. The third-order valence-corrected chi connectivity index (χ3v) is 3.63. The van der Waals surface area contributed by atoms with E-state index in [0.717, 1.165) is 49.6 Å². The SMILES string of the molecule is CN=C(NCCCOCc1ccco1)NCCCc1cccc(F)c1. The molecule has 0 aliphatic carbocycles. The summed E-state index contributed by atoms with van der Waals surface area (Å²) in [4.78, 5) is 4.18. The first kappa shape index (κ1) is 19.0. The van der Waals surface area contributed by atoms with Crippen LogP contribution in [0.25, 0.3) is 0 Å². The van der Waals surface area contributed by atoms with E-state index in [9.17, 15) is 4.39 Å². The fourth-order valence-electron chi connectivity index (χ4n) is 2.36. The van der Waals surface area contributed by atoms with E-state index >= 15 is 0 Å². The van der Waals surface area contributed by atoms with E-state index < -0.39 is 0 Å². The first-order chi connectivity index (χ1) is 12.3. The fourth-order valence-corrected chi connectivity index (χ4v) is 2.36. The Labute approximate surface area is 148 Å². The molecule has 0 spiro atoms. The van der Waals surface area contributed by atoms with Gasteiger partial charge in [0.25, 0.3) is 0 Å². The van der Waals surface area contributed by atoms with Crippen molar-refractivity contribution in [1.82, 2.24) is 10.6 Å². The molecule has 2 N–H and O–H groups in total. The second-order valence-corrected chi connectivity index (χ2v) is 5.64. The van der Waals surface area contributed by atoms with Crippen molar-refractivity contribution < 1.29 is 13.5 Å². The average Bonchev–Trinajstić information content (AvgIpc) is 3.13. The van der Waals surface area contributed by atoms with Crippen molar-refractivity contribution in [3.63, 3.8) is 0 Å². The maximum absolute atomic E-state index is 13.1. The monoisotopic (exact) mass is 347 g/mol. The minimum Gasteiger partial charge on any atom is -0.467 e. The smallest absolute Gasteiger partial charge is 0.190 e. The molecule has 6 heteroatoms. The number of ether oxygens (including phenoxy) is 1. The summed E-state index contributed by atoms with van der Waals surface area (Å²) in [5, 5.41) is 6.50. The number of aryl methyl sites for hydroxylation is 1. The van der Waals surface area contributed by atoms with E-state index in [1.165, 1.54) is 6.07 Å². The van der Waals surface area contributed by atoms with Crippen LogP contribution in [0.15, 0.2) is 52.1 Å². The van der Waals surface area contributed by atoms with Crippen LogP contribution in [-0.4, -0.2) is 32.7 Å². The summed E-state index contributed by atoms with van der Waals surface area (Å²) in [5.41, 5.74) is 1.01. The van der Waals surface area contributed by atoms with Gasteiger partial charge in [-0.3, -0.25) is 4.99 Å². The second-order valence-electron chi connectivity index (χ2n) is 5.64. The predicted octanol–water partition coefficient (Wildman–Crippen LogP) is 3.12. The lowest BCUT2D eigenvalue weighted by molar-refractivity contribution is 0.105. The molecule has 0 saturated heterocycles. The molecule has 136 valence electrons. The van der Waals surface area contributed by atoms with Crippen molar-refractivity contribution in [3.8, 4) is 0 Å². The fraction of sp³-hybridized carbons (Fsp3) is 0.421. The lowest BCUT2D eigenvalue weighted by atomic mass is 10.1. The van der Waals surface area contributed by atoms with Crippen molar-refractivity contribution in [2.75, 3.05) is 26.7 Å². The van der Waals surface area contributed by atoms with Gasteiger partial charge in [0.2, 0.25) is 0 Å². The van der Waals surface area contributed by atoms with Gasteiger partial charge >= 0.3 is 0 Å². The van der Waals surface area contributed by atoms with Crippen LogP contribution in [0.1, 0.15) is 24.2 Å². The number of rotatable bonds is 10. The van der Waals surface area contributed by atoms with Crippen LogP contribution in [0.4, 0.5) is 4.39 Å². The molecular formula is C19H26FN3O2. The Kier molecular flexibility index (Phi) is 8.55. The van der Waals surface area contributed by atoms with Crippen molar-refractivity contribution in [2.24, 2.45) is 4.99 Å².